The summed E-state index contributed by atoms with van der Waals surface area (Å²) in [6.45, 7) is 8.87. The van der Waals surface area contributed by atoms with Gasteiger partial charge < -0.3 is 24.8 Å². The first kappa shape index (κ1) is 19.2. The molecule has 0 atom stereocenters. The number of aromatic nitrogens is 2. The molecule has 1 N–H and O–H groups in total. The number of ether oxygens (including phenoxy) is 1. The van der Waals surface area contributed by atoms with Gasteiger partial charge in [-0.05, 0) is 40.9 Å². The second kappa shape index (κ2) is 9.41. The Bertz CT molecular complexity index is 558. The average molecular weight is 350 g/mol. The van der Waals surface area contributed by atoms with Crippen LogP contribution >= 0.6 is 0 Å². The third-order valence-electron chi connectivity index (χ3n) is 4.04. The van der Waals surface area contributed by atoms with Crippen molar-refractivity contribution in [2.75, 3.05) is 70.2 Å². The van der Waals surface area contributed by atoms with Gasteiger partial charge >= 0.3 is 6.09 Å². The van der Waals surface area contributed by atoms with Crippen molar-refractivity contribution >= 4 is 17.9 Å². The molecule has 1 aromatic heterocycles. The van der Waals surface area contributed by atoms with E-state index < -0.39 is 0 Å². The number of piperazine rings is 1. The summed E-state index contributed by atoms with van der Waals surface area (Å²) >= 11 is 0. The molecule has 25 heavy (non-hydrogen) atoms. The molecule has 2 rings (SSSR count). The lowest BCUT2D eigenvalue weighted by molar-refractivity contribution is 0.105. The van der Waals surface area contributed by atoms with Crippen LogP contribution in [0, 0.1) is 6.92 Å². The van der Waals surface area contributed by atoms with Crippen molar-refractivity contribution in [2.45, 2.75) is 20.3 Å². The van der Waals surface area contributed by atoms with E-state index in [4.69, 9.17) is 4.74 Å². The van der Waals surface area contributed by atoms with E-state index in [1.54, 1.807) is 4.90 Å². The molecule has 1 fully saturated rings. The maximum Gasteiger partial charge on any atom is 0.409 e. The number of nitrogens with one attached hydrogen (secondary N) is 1. The number of rotatable bonds is 7. The van der Waals surface area contributed by atoms with E-state index in [-0.39, 0.29) is 6.09 Å². The van der Waals surface area contributed by atoms with Gasteiger partial charge in [-0.25, -0.2) is 9.78 Å². The van der Waals surface area contributed by atoms with Crippen molar-refractivity contribution in [2.24, 2.45) is 0 Å². The lowest BCUT2D eigenvalue weighted by Gasteiger charge is -2.34. The summed E-state index contributed by atoms with van der Waals surface area (Å²) in [4.78, 5) is 27.0. The Labute approximate surface area is 150 Å². The molecule has 8 nitrogen and oxygen atoms in total. The molecule has 0 aromatic carbocycles. The van der Waals surface area contributed by atoms with Gasteiger partial charge in [0.05, 0.1) is 6.61 Å². The van der Waals surface area contributed by atoms with E-state index in [2.05, 4.69) is 39.2 Å². The van der Waals surface area contributed by atoms with Crippen LogP contribution in [-0.2, 0) is 4.74 Å². The maximum absolute atomic E-state index is 11.8. The molecule has 1 amide bonds. The molecule has 1 aliphatic rings. The van der Waals surface area contributed by atoms with E-state index in [0.29, 0.717) is 25.6 Å². The van der Waals surface area contributed by atoms with E-state index in [1.165, 1.54) is 0 Å². The molecule has 0 unspecified atom stereocenters. The first-order valence-electron chi connectivity index (χ1n) is 8.90. The summed E-state index contributed by atoms with van der Waals surface area (Å²) < 4.78 is 5.06. The highest BCUT2D eigenvalue weighted by atomic mass is 16.6. The highest BCUT2D eigenvalue weighted by Gasteiger charge is 2.23. The Morgan fingerprint density at radius 1 is 1.28 bits per heavy atom. The van der Waals surface area contributed by atoms with Crippen molar-refractivity contribution < 1.29 is 9.53 Å². The second-order valence-electron chi connectivity index (χ2n) is 6.45. The van der Waals surface area contributed by atoms with E-state index in [1.807, 2.05) is 19.9 Å². The lowest BCUT2D eigenvalue weighted by atomic mass is 10.3. The average Bonchev–Trinajstić information content (AvgIpc) is 2.58. The van der Waals surface area contributed by atoms with Gasteiger partial charge in [0.1, 0.15) is 5.82 Å². The molecular formula is C17H30N6O2. The van der Waals surface area contributed by atoms with Crippen LogP contribution in [0.5, 0.6) is 0 Å². The zero-order valence-corrected chi connectivity index (χ0v) is 15.8. The molecule has 1 aliphatic heterocycles. The highest BCUT2D eigenvalue weighted by Crippen LogP contribution is 2.17. The zero-order chi connectivity index (χ0) is 18.2. The van der Waals surface area contributed by atoms with Crippen LogP contribution in [0.1, 0.15) is 19.0 Å². The van der Waals surface area contributed by atoms with Gasteiger partial charge in [0.2, 0.25) is 5.95 Å². The van der Waals surface area contributed by atoms with Crippen LogP contribution < -0.4 is 10.2 Å². The van der Waals surface area contributed by atoms with Gasteiger partial charge in [-0.2, -0.15) is 4.98 Å². The smallest absolute Gasteiger partial charge is 0.409 e. The molecule has 0 saturated carbocycles. The molecule has 0 spiro atoms. The zero-order valence-electron chi connectivity index (χ0n) is 15.8. The minimum atomic E-state index is -0.232. The van der Waals surface area contributed by atoms with Crippen LogP contribution in [-0.4, -0.2) is 85.8 Å². The molecule has 2 heterocycles. The number of carbonyl (C=O) groups excluding carboxylic acids is 1. The van der Waals surface area contributed by atoms with Crippen LogP contribution in [0.4, 0.5) is 16.6 Å². The van der Waals surface area contributed by atoms with Gasteiger partial charge in [-0.15, -0.1) is 0 Å². The number of nitrogens with zero attached hydrogens (tertiary/aromatic N) is 5. The Morgan fingerprint density at radius 3 is 2.64 bits per heavy atom. The number of anilines is 2. The topological polar surface area (TPSA) is 73.8 Å². The van der Waals surface area contributed by atoms with Crippen molar-refractivity contribution in [3.05, 3.63) is 11.8 Å². The predicted octanol–water partition coefficient (Wildman–Crippen LogP) is 1.43. The Morgan fingerprint density at radius 2 is 2.00 bits per heavy atom. The van der Waals surface area contributed by atoms with Gasteiger partial charge in [-0.1, -0.05) is 0 Å². The van der Waals surface area contributed by atoms with Gasteiger partial charge in [-0.3, -0.25) is 0 Å². The Kier molecular flexibility index (Phi) is 7.24. The number of hydrogen-bond donors (Lipinski definition) is 1. The summed E-state index contributed by atoms with van der Waals surface area (Å²) in [7, 11) is 4.13. The summed E-state index contributed by atoms with van der Waals surface area (Å²) in [5, 5.41) is 3.30. The third kappa shape index (κ3) is 6.04. The number of amides is 1. The van der Waals surface area contributed by atoms with Gasteiger partial charge in [0.25, 0.3) is 0 Å². The molecule has 140 valence electrons. The molecule has 8 heteroatoms. The quantitative estimate of drug-likeness (QED) is 0.746. The van der Waals surface area contributed by atoms with E-state index >= 15 is 0 Å². The Hall–Kier alpha value is -2.09. The number of carbonyl (C=O) groups is 1. The van der Waals surface area contributed by atoms with Crippen molar-refractivity contribution in [3.8, 4) is 0 Å². The van der Waals surface area contributed by atoms with Crippen molar-refractivity contribution in [1.29, 1.82) is 0 Å². The SMILES string of the molecule is CCOC(=O)N1CCN(c2cc(C)nc(NCCCN(C)C)n2)CC1. The molecule has 0 radical (unpaired) electrons. The normalized spacial score (nSPS) is 14.8. The third-order valence-corrected chi connectivity index (χ3v) is 4.04. The molecule has 0 aliphatic carbocycles. The van der Waals surface area contributed by atoms with E-state index in [0.717, 1.165) is 44.1 Å². The molecule has 1 aromatic rings. The molecule has 1 saturated heterocycles. The minimum absolute atomic E-state index is 0.232. The molecule has 0 bridgehead atoms. The minimum Gasteiger partial charge on any atom is -0.450 e. The lowest BCUT2D eigenvalue weighted by Crippen LogP contribution is -2.49. The number of hydrogen-bond acceptors (Lipinski definition) is 7. The standard InChI is InChI=1S/C17H30N6O2/c1-5-25-17(24)23-11-9-22(10-12-23)15-13-14(2)19-16(20-15)18-7-6-8-21(3)4/h13H,5-12H2,1-4H3,(H,18,19,20). The maximum atomic E-state index is 11.8. The van der Waals surface area contributed by atoms with Gasteiger partial charge in [0, 0.05) is 44.5 Å². The van der Waals surface area contributed by atoms with Crippen LogP contribution in [0.15, 0.2) is 6.07 Å². The predicted molar refractivity (Wildman–Crippen MR) is 99.2 cm³/mol. The van der Waals surface area contributed by atoms with E-state index in [9.17, 15) is 4.79 Å². The fraction of sp³-hybridized carbons (Fsp3) is 0.706. The molecular weight excluding hydrogens is 320 g/mol. The van der Waals surface area contributed by atoms with Gasteiger partial charge in [0.15, 0.2) is 0 Å². The summed E-state index contributed by atoms with van der Waals surface area (Å²) in [6, 6.07) is 1.99. The first-order valence-corrected chi connectivity index (χ1v) is 8.90. The van der Waals surface area contributed by atoms with Crippen LogP contribution in [0.2, 0.25) is 0 Å². The Balaban J connectivity index is 1.90. The monoisotopic (exact) mass is 350 g/mol. The largest absolute Gasteiger partial charge is 0.450 e. The first-order chi connectivity index (χ1) is 12.0. The summed E-state index contributed by atoms with van der Waals surface area (Å²) in [6.07, 6.45) is 0.807. The highest BCUT2D eigenvalue weighted by molar-refractivity contribution is 5.68. The second-order valence-corrected chi connectivity index (χ2v) is 6.45. The fourth-order valence-corrected chi connectivity index (χ4v) is 2.72. The van der Waals surface area contributed by atoms with Crippen LogP contribution in [0.25, 0.3) is 0 Å². The summed E-state index contributed by atoms with van der Waals surface area (Å²) in [5.74, 6) is 1.58. The van der Waals surface area contributed by atoms with Crippen molar-refractivity contribution in [3.63, 3.8) is 0 Å². The number of aryl methyl sites for hydroxylation is 1. The summed E-state index contributed by atoms with van der Waals surface area (Å²) in [5.41, 5.74) is 0.938. The van der Waals surface area contributed by atoms with Crippen LogP contribution in [0.3, 0.4) is 0 Å². The fourth-order valence-electron chi connectivity index (χ4n) is 2.72. The van der Waals surface area contributed by atoms with Crippen molar-refractivity contribution in [1.82, 2.24) is 19.8 Å².